The second-order valence-corrected chi connectivity index (χ2v) is 7.94. The lowest BCUT2D eigenvalue weighted by Gasteiger charge is -2.53. The largest absolute Gasteiger partial charge is 0.295 e. The lowest BCUT2D eigenvalue weighted by molar-refractivity contribution is -0.156. The molecular weight excluding hydrogens is 388 g/mol. The second-order valence-electron chi connectivity index (χ2n) is 7.53. The average Bonchev–Trinajstić information content (AvgIpc) is 2.73. The minimum Gasteiger partial charge on any atom is -0.295 e. The fourth-order valence-corrected chi connectivity index (χ4v) is 4.84. The third kappa shape index (κ3) is 2.81. The van der Waals surface area contributed by atoms with Gasteiger partial charge in [-0.1, -0.05) is 60.1 Å². The second kappa shape index (κ2) is 7.00. The first-order valence-electron chi connectivity index (χ1n) is 9.16. The van der Waals surface area contributed by atoms with Gasteiger partial charge in [-0.2, -0.15) is 10.5 Å². The summed E-state index contributed by atoms with van der Waals surface area (Å²) in [5.74, 6) is -2.32. The normalized spacial score (nSPS) is 28.9. The molecule has 2 aromatic rings. The van der Waals surface area contributed by atoms with E-state index in [-0.39, 0.29) is 13.1 Å². The molecule has 2 bridgehead atoms. The van der Waals surface area contributed by atoms with Crippen LogP contribution in [0.3, 0.4) is 0 Å². The number of nitrogens with one attached hydrogen (secondary N) is 1. The Morgan fingerprint density at radius 3 is 2.07 bits per heavy atom. The van der Waals surface area contributed by atoms with E-state index in [1.54, 1.807) is 24.3 Å². The van der Waals surface area contributed by atoms with Crippen LogP contribution < -0.4 is 5.32 Å². The number of halogens is 1. The van der Waals surface area contributed by atoms with Crippen LogP contribution in [0.25, 0.3) is 0 Å². The first-order valence-corrected chi connectivity index (χ1v) is 9.54. The van der Waals surface area contributed by atoms with E-state index in [0.717, 1.165) is 5.56 Å². The SMILES string of the molecule is N#CC12CN(Cc3ccccc3)CC(C#N)(C(=O)NC1=O)C2c1ccccc1Cl. The topological polar surface area (TPSA) is 97.0 Å². The number of rotatable bonds is 3. The molecule has 2 aromatic carbocycles. The minimum atomic E-state index is -1.61. The van der Waals surface area contributed by atoms with E-state index in [1.165, 1.54) is 0 Å². The van der Waals surface area contributed by atoms with E-state index in [2.05, 4.69) is 17.5 Å². The van der Waals surface area contributed by atoms with Crippen molar-refractivity contribution in [2.24, 2.45) is 10.8 Å². The van der Waals surface area contributed by atoms with Gasteiger partial charge in [-0.3, -0.25) is 19.8 Å². The van der Waals surface area contributed by atoms with Crippen LogP contribution in [0, 0.1) is 33.5 Å². The number of likely N-dealkylation sites (tertiary alicyclic amines) is 1. The number of imide groups is 1. The predicted molar refractivity (Wildman–Crippen MR) is 105 cm³/mol. The Kier molecular flexibility index (Phi) is 4.62. The molecular formula is C22H17ClN4O2. The molecule has 0 radical (unpaired) electrons. The Labute approximate surface area is 173 Å². The Hall–Kier alpha value is -3.19. The van der Waals surface area contributed by atoms with Crippen LogP contribution in [0.5, 0.6) is 0 Å². The first kappa shape index (κ1) is 19.1. The standard InChI is InChI=1S/C22H17ClN4O2/c23-17-9-5-4-8-16(17)18-21(11-24)13-27(10-15-6-2-1-3-7-15)14-22(18,12-25)20(29)26-19(21)28/h1-9,18H,10,13-14H2,(H,26,28,29). The van der Waals surface area contributed by atoms with Gasteiger partial charge >= 0.3 is 0 Å². The van der Waals surface area contributed by atoms with Gasteiger partial charge in [-0.25, -0.2) is 0 Å². The molecule has 2 fully saturated rings. The molecule has 2 amide bonds. The number of nitriles is 2. The first-order chi connectivity index (χ1) is 14.0. The molecule has 2 aliphatic rings. The van der Waals surface area contributed by atoms with Gasteiger partial charge < -0.3 is 0 Å². The third-order valence-corrected chi connectivity index (χ3v) is 6.18. The van der Waals surface area contributed by atoms with E-state index in [9.17, 15) is 20.1 Å². The maximum absolute atomic E-state index is 13.0. The molecule has 7 heteroatoms. The lowest BCUT2D eigenvalue weighted by Crippen LogP contribution is -2.71. The highest BCUT2D eigenvalue weighted by atomic mass is 35.5. The summed E-state index contributed by atoms with van der Waals surface area (Å²) in [5, 5.41) is 22.9. The van der Waals surface area contributed by atoms with Gasteiger partial charge in [-0.15, -0.1) is 0 Å². The zero-order valence-corrected chi connectivity index (χ0v) is 16.2. The van der Waals surface area contributed by atoms with Crippen molar-refractivity contribution in [3.8, 4) is 12.1 Å². The number of piperidine rings is 2. The highest BCUT2D eigenvalue weighted by molar-refractivity contribution is 6.31. The van der Waals surface area contributed by atoms with E-state index < -0.39 is 28.6 Å². The maximum atomic E-state index is 13.0. The van der Waals surface area contributed by atoms with Crippen molar-refractivity contribution in [1.82, 2.24) is 10.2 Å². The van der Waals surface area contributed by atoms with Crippen LogP contribution in [0.15, 0.2) is 54.6 Å². The molecule has 0 aromatic heterocycles. The Morgan fingerprint density at radius 1 is 0.966 bits per heavy atom. The Balaban J connectivity index is 1.88. The Morgan fingerprint density at radius 2 is 1.52 bits per heavy atom. The number of carbonyl (C=O) groups excluding carboxylic acids is 2. The number of hydrogen-bond acceptors (Lipinski definition) is 5. The summed E-state index contributed by atoms with van der Waals surface area (Å²) in [6.45, 7) is 0.608. The molecule has 2 heterocycles. The number of nitrogens with zero attached hydrogens (tertiary/aromatic N) is 3. The van der Waals surface area contributed by atoms with E-state index >= 15 is 0 Å². The predicted octanol–water partition coefficient (Wildman–Crippen LogP) is 2.62. The quantitative estimate of drug-likeness (QED) is 0.793. The zero-order chi connectivity index (χ0) is 20.6. The summed E-state index contributed by atoms with van der Waals surface area (Å²) in [6.07, 6.45) is 0. The molecule has 0 saturated carbocycles. The van der Waals surface area contributed by atoms with Crippen molar-refractivity contribution in [2.45, 2.75) is 12.5 Å². The molecule has 2 aliphatic heterocycles. The fraction of sp³-hybridized carbons (Fsp3) is 0.273. The summed E-state index contributed by atoms with van der Waals surface area (Å²) in [4.78, 5) is 27.8. The van der Waals surface area contributed by atoms with Crippen LogP contribution in [-0.4, -0.2) is 29.8 Å². The molecule has 2 saturated heterocycles. The van der Waals surface area contributed by atoms with Gasteiger partial charge in [0.05, 0.1) is 12.1 Å². The third-order valence-electron chi connectivity index (χ3n) is 5.83. The minimum absolute atomic E-state index is 0.0941. The number of hydrogen-bond donors (Lipinski definition) is 1. The number of benzene rings is 2. The molecule has 0 aliphatic carbocycles. The highest BCUT2D eigenvalue weighted by Crippen LogP contribution is 2.56. The molecule has 144 valence electrons. The zero-order valence-electron chi connectivity index (χ0n) is 15.4. The van der Waals surface area contributed by atoms with Crippen molar-refractivity contribution in [2.75, 3.05) is 13.1 Å². The van der Waals surface area contributed by atoms with Gasteiger partial charge in [-0.05, 0) is 17.2 Å². The van der Waals surface area contributed by atoms with Crippen LogP contribution in [0.2, 0.25) is 5.02 Å². The summed E-state index contributed by atoms with van der Waals surface area (Å²) < 4.78 is 0. The van der Waals surface area contributed by atoms with Crippen LogP contribution >= 0.6 is 11.6 Å². The fourth-order valence-electron chi connectivity index (χ4n) is 4.59. The van der Waals surface area contributed by atoms with E-state index in [4.69, 9.17) is 11.6 Å². The van der Waals surface area contributed by atoms with Gasteiger partial charge in [0.15, 0.2) is 10.8 Å². The monoisotopic (exact) mass is 404 g/mol. The number of fused-ring (bicyclic) bond motifs is 2. The molecule has 6 nitrogen and oxygen atoms in total. The van der Waals surface area contributed by atoms with E-state index in [0.29, 0.717) is 17.1 Å². The van der Waals surface area contributed by atoms with Crippen molar-refractivity contribution in [3.05, 3.63) is 70.7 Å². The van der Waals surface area contributed by atoms with Gasteiger partial charge in [0, 0.05) is 30.6 Å². The maximum Gasteiger partial charge on any atom is 0.249 e. The number of carbonyl (C=O) groups is 2. The lowest BCUT2D eigenvalue weighted by atomic mass is 9.54. The molecule has 1 N–H and O–H groups in total. The molecule has 2 atom stereocenters. The van der Waals surface area contributed by atoms with E-state index in [1.807, 2.05) is 35.2 Å². The summed E-state index contributed by atoms with van der Waals surface area (Å²) in [6, 6.07) is 20.6. The van der Waals surface area contributed by atoms with Crippen molar-refractivity contribution < 1.29 is 9.59 Å². The Bertz CT molecular complexity index is 1030. The van der Waals surface area contributed by atoms with Gasteiger partial charge in [0.1, 0.15) is 0 Å². The van der Waals surface area contributed by atoms with Crippen molar-refractivity contribution in [1.29, 1.82) is 10.5 Å². The highest BCUT2D eigenvalue weighted by Gasteiger charge is 2.68. The summed E-state index contributed by atoms with van der Waals surface area (Å²) in [5.41, 5.74) is -1.78. The number of amides is 2. The molecule has 29 heavy (non-hydrogen) atoms. The summed E-state index contributed by atoms with van der Waals surface area (Å²) >= 11 is 6.39. The molecule has 0 spiro atoms. The summed E-state index contributed by atoms with van der Waals surface area (Å²) in [7, 11) is 0. The van der Waals surface area contributed by atoms with Crippen molar-refractivity contribution in [3.63, 3.8) is 0 Å². The van der Waals surface area contributed by atoms with Gasteiger partial charge in [0.2, 0.25) is 11.8 Å². The average molecular weight is 405 g/mol. The smallest absolute Gasteiger partial charge is 0.249 e. The van der Waals surface area contributed by atoms with Crippen LogP contribution in [-0.2, 0) is 16.1 Å². The molecule has 2 unspecified atom stereocenters. The van der Waals surface area contributed by atoms with Gasteiger partial charge in [0.25, 0.3) is 0 Å². The van der Waals surface area contributed by atoms with Crippen LogP contribution in [0.4, 0.5) is 0 Å². The van der Waals surface area contributed by atoms with Crippen molar-refractivity contribution >= 4 is 23.4 Å². The molecule has 4 rings (SSSR count). The van der Waals surface area contributed by atoms with Crippen LogP contribution in [0.1, 0.15) is 17.0 Å².